The van der Waals surface area contributed by atoms with E-state index in [1.54, 1.807) is 0 Å². The van der Waals surface area contributed by atoms with Crippen molar-refractivity contribution >= 4 is 0 Å². The third kappa shape index (κ3) is 3.77. The van der Waals surface area contributed by atoms with Crippen LogP contribution in [0.5, 0.6) is 0 Å². The van der Waals surface area contributed by atoms with Crippen LogP contribution in [0.25, 0.3) is 0 Å². The predicted octanol–water partition coefficient (Wildman–Crippen LogP) is 6.50. The van der Waals surface area contributed by atoms with Crippen LogP contribution in [0.4, 0.5) is 0 Å². The fraction of sp³-hybridized carbons (Fsp3) is 1.00. The highest BCUT2D eigenvalue weighted by atomic mass is 16.5. The van der Waals surface area contributed by atoms with Gasteiger partial charge in [-0.15, -0.1) is 0 Å². The van der Waals surface area contributed by atoms with Crippen molar-refractivity contribution in [2.75, 3.05) is 13.2 Å². The van der Waals surface area contributed by atoms with E-state index in [9.17, 15) is 10.2 Å². The van der Waals surface area contributed by atoms with Crippen LogP contribution in [0.2, 0.25) is 0 Å². The number of aliphatic hydroxyl groups is 2. The smallest absolute Gasteiger partial charge is 0.0648 e. The monoisotopic (exact) mass is 458 g/mol. The molecule has 8 atom stereocenters. The molecule has 0 aromatic heterocycles. The number of ether oxygens (including phenoxy) is 1. The molecule has 0 amide bonds. The highest BCUT2D eigenvalue weighted by molar-refractivity contribution is 5.09. The van der Waals surface area contributed by atoms with Crippen molar-refractivity contribution in [2.45, 2.75) is 128 Å². The third-order valence-corrected chi connectivity index (χ3v) is 13.1. The summed E-state index contributed by atoms with van der Waals surface area (Å²) in [4.78, 5) is 0. The minimum Gasteiger partial charge on any atom is -0.393 e. The van der Waals surface area contributed by atoms with Gasteiger partial charge in [-0.3, -0.25) is 0 Å². The summed E-state index contributed by atoms with van der Waals surface area (Å²) in [6.07, 6.45) is 19.8. The Morgan fingerprint density at radius 2 is 1.52 bits per heavy atom. The van der Waals surface area contributed by atoms with Crippen molar-refractivity contribution in [3.8, 4) is 0 Å². The normalized spacial score (nSPS) is 50.2. The lowest BCUT2D eigenvalue weighted by atomic mass is 9.44. The maximum Gasteiger partial charge on any atom is 0.0648 e. The minimum absolute atomic E-state index is 0.0316. The van der Waals surface area contributed by atoms with Crippen LogP contribution in [0, 0.1) is 45.8 Å². The van der Waals surface area contributed by atoms with Crippen LogP contribution in [0.1, 0.15) is 117 Å². The first kappa shape index (κ1) is 23.3. The Kier molecular flexibility index (Phi) is 5.79. The van der Waals surface area contributed by atoms with Crippen LogP contribution in [0.15, 0.2) is 0 Å². The molecule has 6 aliphatic rings. The zero-order valence-corrected chi connectivity index (χ0v) is 21.5. The molecule has 3 nitrogen and oxygen atoms in total. The van der Waals surface area contributed by atoms with E-state index in [0.29, 0.717) is 16.2 Å². The minimum atomic E-state index is -0.393. The van der Waals surface area contributed by atoms with Crippen LogP contribution in [-0.2, 0) is 4.74 Å². The van der Waals surface area contributed by atoms with E-state index in [4.69, 9.17) is 4.74 Å². The highest BCUT2D eigenvalue weighted by Crippen LogP contribution is 2.68. The predicted molar refractivity (Wildman–Crippen MR) is 132 cm³/mol. The molecule has 6 rings (SSSR count). The molecular weight excluding hydrogens is 408 g/mol. The number of aliphatic hydroxyl groups excluding tert-OH is 1. The highest BCUT2D eigenvalue weighted by Gasteiger charge is 2.60. The lowest BCUT2D eigenvalue weighted by Crippen LogP contribution is -2.53. The van der Waals surface area contributed by atoms with Crippen LogP contribution in [0.3, 0.4) is 0 Å². The molecule has 33 heavy (non-hydrogen) atoms. The first-order valence-corrected chi connectivity index (χ1v) is 14.7. The SMILES string of the molecule is CC12CCC3C(CCC4CC(O)CCC43C)C1CCC2CCCC1(O)CCC2(CC1)COC2. The maximum atomic E-state index is 11.2. The Morgan fingerprint density at radius 1 is 0.788 bits per heavy atom. The summed E-state index contributed by atoms with van der Waals surface area (Å²) in [5, 5.41) is 21.5. The van der Waals surface area contributed by atoms with Crippen molar-refractivity contribution in [2.24, 2.45) is 45.8 Å². The van der Waals surface area contributed by atoms with Crippen LogP contribution >= 0.6 is 0 Å². The molecule has 3 heteroatoms. The van der Waals surface area contributed by atoms with Gasteiger partial charge in [-0.2, -0.15) is 0 Å². The Balaban J connectivity index is 1.06. The molecule has 1 spiro atoms. The molecule has 2 N–H and O–H groups in total. The fourth-order valence-corrected chi connectivity index (χ4v) is 10.7. The molecule has 0 aromatic rings. The molecule has 0 bridgehead atoms. The van der Waals surface area contributed by atoms with E-state index in [-0.39, 0.29) is 6.10 Å². The summed E-state index contributed by atoms with van der Waals surface area (Å²) >= 11 is 0. The summed E-state index contributed by atoms with van der Waals surface area (Å²) in [5.74, 6) is 4.42. The lowest BCUT2D eigenvalue weighted by Gasteiger charge is -2.61. The first-order chi connectivity index (χ1) is 15.8. The van der Waals surface area contributed by atoms with E-state index in [1.807, 2.05) is 0 Å². The van der Waals surface area contributed by atoms with Gasteiger partial charge >= 0.3 is 0 Å². The first-order valence-electron chi connectivity index (χ1n) is 14.7. The second kappa shape index (κ2) is 8.20. The Hall–Kier alpha value is -0.120. The fourth-order valence-electron chi connectivity index (χ4n) is 10.7. The van der Waals surface area contributed by atoms with Gasteiger partial charge in [0, 0.05) is 5.41 Å². The van der Waals surface area contributed by atoms with Gasteiger partial charge in [-0.05, 0) is 137 Å². The maximum absolute atomic E-state index is 11.2. The van der Waals surface area contributed by atoms with Crippen molar-refractivity contribution in [3.63, 3.8) is 0 Å². The summed E-state index contributed by atoms with van der Waals surface area (Å²) < 4.78 is 5.48. The van der Waals surface area contributed by atoms with Gasteiger partial charge in [0.05, 0.1) is 24.9 Å². The van der Waals surface area contributed by atoms with Crippen LogP contribution < -0.4 is 0 Å². The van der Waals surface area contributed by atoms with Crippen molar-refractivity contribution in [1.82, 2.24) is 0 Å². The summed E-state index contributed by atoms with van der Waals surface area (Å²) in [6.45, 7) is 7.15. The number of hydrogen-bond acceptors (Lipinski definition) is 3. The van der Waals surface area contributed by atoms with Crippen molar-refractivity contribution in [1.29, 1.82) is 0 Å². The third-order valence-electron chi connectivity index (χ3n) is 13.1. The molecule has 0 aromatic carbocycles. The van der Waals surface area contributed by atoms with Gasteiger partial charge in [0.25, 0.3) is 0 Å². The summed E-state index contributed by atoms with van der Waals surface area (Å²) in [6, 6.07) is 0. The number of rotatable bonds is 4. The molecule has 5 saturated carbocycles. The summed E-state index contributed by atoms with van der Waals surface area (Å²) in [7, 11) is 0. The second-order valence-corrected chi connectivity index (χ2v) is 14.5. The second-order valence-electron chi connectivity index (χ2n) is 14.5. The Labute approximate surface area is 202 Å². The molecule has 0 radical (unpaired) electrons. The summed E-state index contributed by atoms with van der Waals surface area (Å²) in [5.41, 5.74) is 1.08. The van der Waals surface area contributed by atoms with E-state index >= 15 is 0 Å². The lowest BCUT2D eigenvalue weighted by molar-refractivity contribution is -0.161. The van der Waals surface area contributed by atoms with Gasteiger partial charge in [-0.1, -0.05) is 20.3 Å². The van der Waals surface area contributed by atoms with E-state index in [2.05, 4.69) is 13.8 Å². The Bertz CT molecular complexity index is 720. The van der Waals surface area contributed by atoms with Gasteiger partial charge in [0.1, 0.15) is 0 Å². The average molecular weight is 459 g/mol. The molecule has 1 aliphatic heterocycles. The molecule has 1 saturated heterocycles. The van der Waals surface area contributed by atoms with Gasteiger partial charge in [0.15, 0.2) is 0 Å². The van der Waals surface area contributed by atoms with Gasteiger partial charge in [0.2, 0.25) is 0 Å². The zero-order chi connectivity index (χ0) is 22.9. The Morgan fingerprint density at radius 3 is 2.24 bits per heavy atom. The molecule has 6 fully saturated rings. The average Bonchev–Trinajstić information content (AvgIpc) is 3.10. The molecule has 188 valence electrons. The molecule has 8 unspecified atom stereocenters. The standard InChI is InChI=1S/C30H50O3/c1-27-13-10-26-24(7-5-22-18-23(31)9-12-28(22,26)2)25(27)8-6-21(27)4-3-11-30(32)16-14-29(15-17-30)19-33-20-29/h21-26,31-32H,3-20H2,1-2H3. The molecular formula is C30H50O3. The zero-order valence-electron chi connectivity index (χ0n) is 21.5. The number of hydrogen-bond donors (Lipinski definition) is 2. The molecule has 1 heterocycles. The van der Waals surface area contributed by atoms with Gasteiger partial charge < -0.3 is 14.9 Å². The van der Waals surface area contributed by atoms with Gasteiger partial charge in [-0.25, -0.2) is 0 Å². The van der Waals surface area contributed by atoms with Crippen molar-refractivity contribution in [3.05, 3.63) is 0 Å². The van der Waals surface area contributed by atoms with E-state index in [0.717, 1.165) is 74.9 Å². The van der Waals surface area contributed by atoms with E-state index in [1.165, 1.54) is 70.6 Å². The molecule has 5 aliphatic carbocycles. The largest absolute Gasteiger partial charge is 0.393 e. The van der Waals surface area contributed by atoms with E-state index < -0.39 is 5.60 Å². The number of fused-ring (bicyclic) bond motifs is 5. The quantitative estimate of drug-likeness (QED) is 0.506. The van der Waals surface area contributed by atoms with Crippen LogP contribution in [-0.4, -0.2) is 35.1 Å². The van der Waals surface area contributed by atoms with Crippen molar-refractivity contribution < 1.29 is 14.9 Å². The topological polar surface area (TPSA) is 49.7 Å².